The first-order valence-corrected chi connectivity index (χ1v) is 7.46. The van der Waals surface area contributed by atoms with Crippen LogP contribution >= 0.6 is 12.4 Å². The monoisotopic (exact) mass is 342 g/mol. The summed E-state index contributed by atoms with van der Waals surface area (Å²) in [7, 11) is 1.31. The van der Waals surface area contributed by atoms with Crippen LogP contribution in [0.15, 0.2) is 24.3 Å². The zero-order valence-electron chi connectivity index (χ0n) is 13.4. The summed E-state index contributed by atoms with van der Waals surface area (Å²) in [5.41, 5.74) is 0.247. The molecule has 0 radical (unpaired) electrons. The van der Waals surface area contributed by atoms with Gasteiger partial charge in [0, 0.05) is 5.69 Å². The second-order valence-corrected chi connectivity index (χ2v) is 5.31. The summed E-state index contributed by atoms with van der Waals surface area (Å²) in [5.74, 6) is 0.109. The molecule has 1 saturated heterocycles. The zero-order chi connectivity index (χ0) is 16.0. The molecule has 2 rings (SSSR count). The van der Waals surface area contributed by atoms with E-state index >= 15 is 0 Å². The lowest BCUT2D eigenvalue weighted by molar-refractivity contribution is -0.142. The topological polar surface area (TPSA) is 76.7 Å². The smallest absolute Gasteiger partial charge is 0.343 e. The minimum atomic E-state index is -0.458. The molecule has 1 unspecified atom stereocenters. The first kappa shape index (κ1) is 19.3. The summed E-state index contributed by atoms with van der Waals surface area (Å²) in [6.07, 6.45) is 2.64. The summed E-state index contributed by atoms with van der Waals surface area (Å²) in [4.78, 5) is 23.4. The Hall–Kier alpha value is -1.79. The summed E-state index contributed by atoms with van der Waals surface area (Å²) in [6, 6.07) is 6.92. The molecule has 6 nitrogen and oxygen atoms in total. The van der Waals surface area contributed by atoms with Crippen LogP contribution in [-0.2, 0) is 14.3 Å². The predicted molar refractivity (Wildman–Crippen MR) is 90.1 cm³/mol. The second-order valence-electron chi connectivity index (χ2n) is 5.31. The lowest BCUT2D eigenvalue weighted by atomic mass is 9.93. The molecule has 1 aliphatic heterocycles. The van der Waals surface area contributed by atoms with Crippen LogP contribution in [0.4, 0.5) is 5.69 Å². The summed E-state index contributed by atoms with van der Waals surface area (Å²) in [5, 5.41) is 6.23. The highest BCUT2D eigenvalue weighted by Crippen LogP contribution is 2.25. The van der Waals surface area contributed by atoms with Crippen LogP contribution in [0.2, 0.25) is 0 Å². The summed E-state index contributed by atoms with van der Waals surface area (Å²) in [6.45, 7) is 2.76. The van der Waals surface area contributed by atoms with Crippen LogP contribution in [0.1, 0.15) is 26.2 Å². The Bertz CT molecular complexity index is 527. The first-order valence-electron chi connectivity index (χ1n) is 7.46. The van der Waals surface area contributed by atoms with E-state index in [1.807, 2.05) is 6.92 Å². The van der Waals surface area contributed by atoms with Crippen molar-refractivity contribution in [3.8, 4) is 5.75 Å². The average molecular weight is 343 g/mol. The van der Waals surface area contributed by atoms with Crippen molar-refractivity contribution in [2.75, 3.05) is 25.6 Å². The van der Waals surface area contributed by atoms with Gasteiger partial charge in [0.05, 0.1) is 12.6 Å². The molecule has 1 aromatic carbocycles. The van der Waals surface area contributed by atoms with Crippen molar-refractivity contribution in [1.29, 1.82) is 0 Å². The average Bonchev–Trinajstić information content (AvgIpc) is 3.04. The zero-order valence-corrected chi connectivity index (χ0v) is 14.2. The first-order chi connectivity index (χ1) is 10.6. The number of rotatable bonds is 6. The third-order valence-corrected chi connectivity index (χ3v) is 3.98. The van der Waals surface area contributed by atoms with Gasteiger partial charge in [0.1, 0.15) is 5.75 Å². The van der Waals surface area contributed by atoms with E-state index in [0.29, 0.717) is 11.4 Å². The number of ether oxygens (including phenoxy) is 2. The highest BCUT2D eigenvalue weighted by Gasteiger charge is 2.38. The van der Waals surface area contributed by atoms with E-state index in [4.69, 9.17) is 4.74 Å². The van der Waals surface area contributed by atoms with Crippen LogP contribution in [-0.4, -0.2) is 37.7 Å². The van der Waals surface area contributed by atoms with Gasteiger partial charge in [-0.25, -0.2) is 4.79 Å². The van der Waals surface area contributed by atoms with Gasteiger partial charge in [-0.3, -0.25) is 4.79 Å². The van der Waals surface area contributed by atoms with Crippen molar-refractivity contribution >= 4 is 30.0 Å². The predicted octanol–water partition coefficient (Wildman–Crippen LogP) is 2.13. The summed E-state index contributed by atoms with van der Waals surface area (Å²) >= 11 is 0. The number of amides is 1. The Labute approximate surface area is 142 Å². The largest absolute Gasteiger partial charge is 0.482 e. The van der Waals surface area contributed by atoms with Crippen LogP contribution in [0.5, 0.6) is 5.75 Å². The Kier molecular flexibility index (Phi) is 7.32. The van der Waals surface area contributed by atoms with E-state index in [0.717, 1.165) is 25.8 Å². The van der Waals surface area contributed by atoms with Gasteiger partial charge in [0.25, 0.3) is 0 Å². The molecule has 0 spiro atoms. The number of hydrogen-bond acceptors (Lipinski definition) is 5. The fourth-order valence-electron chi connectivity index (χ4n) is 2.55. The lowest BCUT2D eigenvalue weighted by Crippen LogP contribution is -2.50. The maximum atomic E-state index is 12.4. The number of benzene rings is 1. The summed E-state index contributed by atoms with van der Waals surface area (Å²) < 4.78 is 9.76. The van der Waals surface area contributed by atoms with E-state index in [9.17, 15) is 9.59 Å². The maximum Gasteiger partial charge on any atom is 0.343 e. The van der Waals surface area contributed by atoms with E-state index in [1.165, 1.54) is 7.11 Å². The molecule has 0 saturated carbocycles. The fourth-order valence-corrected chi connectivity index (χ4v) is 2.55. The van der Waals surface area contributed by atoms with Crippen molar-refractivity contribution in [3.63, 3.8) is 0 Å². The maximum absolute atomic E-state index is 12.4. The van der Waals surface area contributed by atoms with Crippen molar-refractivity contribution < 1.29 is 19.1 Å². The number of carbonyl (C=O) groups is 2. The number of methoxy groups -OCH3 is 1. The Morgan fingerprint density at radius 2 is 2.00 bits per heavy atom. The molecule has 1 amide bonds. The fraction of sp³-hybridized carbons (Fsp3) is 0.500. The van der Waals surface area contributed by atoms with E-state index < -0.39 is 11.5 Å². The molecular weight excluding hydrogens is 320 g/mol. The van der Waals surface area contributed by atoms with Gasteiger partial charge in [-0.1, -0.05) is 6.92 Å². The number of nitrogens with one attached hydrogen (secondary N) is 2. The Morgan fingerprint density at radius 3 is 2.52 bits per heavy atom. The van der Waals surface area contributed by atoms with Gasteiger partial charge >= 0.3 is 5.97 Å². The number of hydrogen-bond donors (Lipinski definition) is 2. The van der Waals surface area contributed by atoms with Crippen LogP contribution in [0.25, 0.3) is 0 Å². The van der Waals surface area contributed by atoms with Gasteiger partial charge in [-0.2, -0.15) is 0 Å². The normalized spacial score (nSPS) is 19.6. The molecule has 1 fully saturated rings. The highest BCUT2D eigenvalue weighted by molar-refractivity contribution is 5.98. The minimum Gasteiger partial charge on any atom is -0.482 e. The third-order valence-electron chi connectivity index (χ3n) is 3.98. The molecule has 0 aromatic heterocycles. The molecule has 1 aromatic rings. The van der Waals surface area contributed by atoms with Crippen molar-refractivity contribution in [2.24, 2.45) is 0 Å². The van der Waals surface area contributed by atoms with Gasteiger partial charge in [0.15, 0.2) is 6.61 Å². The number of esters is 1. The third kappa shape index (κ3) is 4.84. The molecule has 23 heavy (non-hydrogen) atoms. The van der Waals surface area contributed by atoms with Crippen molar-refractivity contribution in [1.82, 2.24) is 5.32 Å². The molecule has 0 bridgehead atoms. The van der Waals surface area contributed by atoms with Gasteiger partial charge in [0.2, 0.25) is 5.91 Å². The van der Waals surface area contributed by atoms with Crippen LogP contribution < -0.4 is 15.4 Å². The van der Waals surface area contributed by atoms with E-state index in [-0.39, 0.29) is 24.9 Å². The molecule has 1 heterocycles. The van der Waals surface area contributed by atoms with E-state index in [2.05, 4.69) is 15.4 Å². The molecule has 0 aliphatic carbocycles. The van der Waals surface area contributed by atoms with Crippen molar-refractivity contribution in [2.45, 2.75) is 31.7 Å². The van der Waals surface area contributed by atoms with Crippen molar-refractivity contribution in [3.05, 3.63) is 24.3 Å². The molecule has 1 atom stereocenters. The number of halogens is 1. The quantitative estimate of drug-likeness (QED) is 0.774. The van der Waals surface area contributed by atoms with Crippen LogP contribution in [0, 0.1) is 0 Å². The van der Waals surface area contributed by atoms with Gasteiger partial charge in [-0.05, 0) is 50.1 Å². The van der Waals surface area contributed by atoms with E-state index in [1.54, 1.807) is 24.3 Å². The molecule has 7 heteroatoms. The van der Waals surface area contributed by atoms with Gasteiger partial charge in [-0.15, -0.1) is 12.4 Å². The number of carbonyl (C=O) groups excluding carboxylic acids is 2. The number of anilines is 1. The Balaban J connectivity index is 0.00000264. The minimum absolute atomic E-state index is 0. The molecule has 1 aliphatic rings. The van der Waals surface area contributed by atoms with Crippen LogP contribution in [0.3, 0.4) is 0 Å². The molecule has 128 valence electrons. The molecule has 2 N–H and O–H groups in total. The SMILES string of the molecule is CCC1(C(=O)Nc2ccc(OCC(=O)OC)cc2)CCCN1.Cl. The highest BCUT2D eigenvalue weighted by atomic mass is 35.5. The Morgan fingerprint density at radius 1 is 1.30 bits per heavy atom. The lowest BCUT2D eigenvalue weighted by Gasteiger charge is -2.26. The second kappa shape index (κ2) is 8.74. The standard InChI is InChI=1S/C16H22N2O4.ClH/c1-3-16(9-4-10-17-16)15(20)18-12-5-7-13(8-6-12)22-11-14(19)21-2;/h5-8,17H,3-4,9-11H2,1-2H3,(H,18,20);1H. The van der Waals surface area contributed by atoms with Gasteiger partial charge < -0.3 is 20.1 Å². The molecular formula is C16H23ClN2O4.